The summed E-state index contributed by atoms with van der Waals surface area (Å²) in [4.78, 5) is 14.2. The lowest BCUT2D eigenvalue weighted by Crippen LogP contribution is -2.36. The van der Waals surface area contributed by atoms with E-state index in [1.54, 1.807) is 11.0 Å². The number of rotatable bonds is 3. The van der Waals surface area contributed by atoms with E-state index in [0.29, 0.717) is 11.5 Å². The molecule has 1 fully saturated rings. The van der Waals surface area contributed by atoms with Crippen molar-refractivity contribution in [3.05, 3.63) is 51.7 Å². The summed E-state index contributed by atoms with van der Waals surface area (Å²) in [5, 5.41) is 9.37. The molecule has 2 heterocycles. The van der Waals surface area contributed by atoms with E-state index in [2.05, 4.69) is 15.9 Å². The van der Waals surface area contributed by atoms with Crippen LogP contribution < -0.4 is 0 Å². The summed E-state index contributed by atoms with van der Waals surface area (Å²) in [6, 6.07) is 11.7. The predicted octanol–water partition coefficient (Wildman–Crippen LogP) is 4.94. The zero-order valence-corrected chi connectivity index (χ0v) is 15.7. The van der Waals surface area contributed by atoms with E-state index in [1.165, 1.54) is 6.08 Å². The maximum atomic E-state index is 12.5. The number of piperidine rings is 1. The molecule has 0 atom stereocenters. The molecule has 1 aliphatic rings. The highest BCUT2D eigenvalue weighted by Crippen LogP contribution is 2.31. The number of aryl methyl sites for hydroxylation is 1. The third-order valence-corrected chi connectivity index (χ3v) is 4.95. The fraction of sp³-hybridized carbons (Fsp3) is 0.300. The van der Waals surface area contributed by atoms with Gasteiger partial charge in [-0.2, -0.15) is 5.26 Å². The zero-order valence-electron chi connectivity index (χ0n) is 14.1. The van der Waals surface area contributed by atoms with Crippen molar-refractivity contribution in [3.8, 4) is 17.4 Å². The topological polar surface area (TPSA) is 57.2 Å². The normalized spacial score (nSPS) is 15.1. The molecule has 1 saturated heterocycles. The Morgan fingerprint density at radius 3 is 2.68 bits per heavy atom. The first kappa shape index (κ1) is 17.5. The highest BCUT2D eigenvalue weighted by molar-refractivity contribution is 9.10. The number of hydrogen-bond donors (Lipinski definition) is 0. The molecule has 1 aromatic carbocycles. The van der Waals surface area contributed by atoms with Crippen molar-refractivity contribution in [1.29, 1.82) is 5.26 Å². The van der Waals surface area contributed by atoms with Gasteiger partial charge in [0.05, 0.1) is 0 Å². The largest absolute Gasteiger partial charge is 0.457 e. The average molecular weight is 399 g/mol. The van der Waals surface area contributed by atoms with Crippen molar-refractivity contribution in [1.82, 2.24) is 4.90 Å². The zero-order chi connectivity index (χ0) is 17.8. The number of hydrogen-bond acceptors (Lipinski definition) is 3. The van der Waals surface area contributed by atoms with Gasteiger partial charge in [0.2, 0.25) is 0 Å². The molecule has 2 aromatic rings. The van der Waals surface area contributed by atoms with Crippen molar-refractivity contribution in [2.24, 2.45) is 0 Å². The summed E-state index contributed by atoms with van der Waals surface area (Å²) in [7, 11) is 0. The van der Waals surface area contributed by atoms with E-state index in [0.717, 1.165) is 48.0 Å². The minimum absolute atomic E-state index is 0.116. The Kier molecular flexibility index (Phi) is 5.40. The molecule has 5 heteroatoms. The van der Waals surface area contributed by atoms with Gasteiger partial charge >= 0.3 is 0 Å². The molecule has 25 heavy (non-hydrogen) atoms. The number of carbonyl (C=O) groups excluding carboxylic acids is 1. The molecule has 0 radical (unpaired) electrons. The Morgan fingerprint density at radius 2 is 2.00 bits per heavy atom. The van der Waals surface area contributed by atoms with Gasteiger partial charge < -0.3 is 9.32 Å². The van der Waals surface area contributed by atoms with Crippen LogP contribution in [0.2, 0.25) is 0 Å². The number of likely N-dealkylation sites (tertiary alicyclic amines) is 1. The van der Waals surface area contributed by atoms with Crippen LogP contribution >= 0.6 is 15.9 Å². The molecule has 0 bridgehead atoms. The number of nitrogens with zero attached hydrogens (tertiary/aromatic N) is 2. The minimum atomic E-state index is -0.211. The number of carbonyl (C=O) groups is 1. The summed E-state index contributed by atoms with van der Waals surface area (Å²) in [5.41, 5.74) is 2.21. The minimum Gasteiger partial charge on any atom is -0.457 e. The van der Waals surface area contributed by atoms with E-state index in [-0.39, 0.29) is 11.5 Å². The number of furan rings is 1. The first-order valence-corrected chi connectivity index (χ1v) is 9.15. The molecule has 0 N–H and O–H groups in total. The number of nitriles is 1. The van der Waals surface area contributed by atoms with Crippen LogP contribution in [0.25, 0.3) is 17.4 Å². The number of amides is 1. The average Bonchev–Trinajstić information content (AvgIpc) is 3.08. The third-order valence-electron chi connectivity index (χ3n) is 4.30. The highest BCUT2D eigenvalue weighted by atomic mass is 79.9. The first-order valence-electron chi connectivity index (χ1n) is 8.36. The number of halogens is 1. The van der Waals surface area contributed by atoms with Crippen LogP contribution in [0.1, 0.15) is 30.6 Å². The maximum Gasteiger partial charge on any atom is 0.264 e. The van der Waals surface area contributed by atoms with Gasteiger partial charge in [0.15, 0.2) is 0 Å². The van der Waals surface area contributed by atoms with E-state index in [1.807, 2.05) is 37.3 Å². The standard InChI is InChI=1S/C20H19BrN2O2/c1-14-5-7-17(18(21)11-14)19-8-6-16(25-19)12-15(13-22)20(24)23-9-3-2-4-10-23/h5-8,11-12H,2-4,9-10H2,1H3/b15-12-. The molecule has 3 rings (SSSR count). The maximum absolute atomic E-state index is 12.5. The monoisotopic (exact) mass is 398 g/mol. The van der Waals surface area contributed by atoms with Crippen molar-refractivity contribution in [2.45, 2.75) is 26.2 Å². The molecular weight excluding hydrogens is 380 g/mol. The van der Waals surface area contributed by atoms with Crippen LogP contribution in [-0.2, 0) is 4.79 Å². The second kappa shape index (κ2) is 7.71. The van der Waals surface area contributed by atoms with Crippen LogP contribution in [0, 0.1) is 18.3 Å². The molecule has 1 aromatic heterocycles. The van der Waals surface area contributed by atoms with E-state index < -0.39 is 0 Å². The van der Waals surface area contributed by atoms with E-state index in [4.69, 9.17) is 4.42 Å². The smallest absolute Gasteiger partial charge is 0.264 e. The molecular formula is C20H19BrN2O2. The van der Waals surface area contributed by atoms with Crippen LogP contribution in [0.5, 0.6) is 0 Å². The van der Waals surface area contributed by atoms with Crippen molar-refractivity contribution in [3.63, 3.8) is 0 Å². The summed E-state index contributed by atoms with van der Waals surface area (Å²) >= 11 is 3.54. The Balaban J connectivity index is 1.84. The molecule has 128 valence electrons. The Morgan fingerprint density at radius 1 is 1.24 bits per heavy atom. The van der Waals surface area contributed by atoms with Crippen LogP contribution in [-0.4, -0.2) is 23.9 Å². The van der Waals surface area contributed by atoms with Gasteiger partial charge in [-0.15, -0.1) is 0 Å². The third kappa shape index (κ3) is 4.02. The van der Waals surface area contributed by atoms with Gasteiger partial charge in [0.25, 0.3) is 5.91 Å². The van der Waals surface area contributed by atoms with E-state index in [9.17, 15) is 10.1 Å². The van der Waals surface area contributed by atoms with Crippen molar-refractivity contribution < 1.29 is 9.21 Å². The fourth-order valence-electron chi connectivity index (χ4n) is 2.95. The van der Waals surface area contributed by atoms with E-state index >= 15 is 0 Å². The summed E-state index contributed by atoms with van der Waals surface area (Å²) in [6.45, 7) is 3.46. The molecule has 4 nitrogen and oxygen atoms in total. The Bertz CT molecular complexity index is 855. The lowest BCUT2D eigenvalue weighted by atomic mass is 10.1. The quantitative estimate of drug-likeness (QED) is 0.543. The van der Waals surface area contributed by atoms with Crippen LogP contribution in [0.3, 0.4) is 0 Å². The first-order chi connectivity index (χ1) is 12.1. The molecule has 1 aliphatic heterocycles. The molecule has 0 spiro atoms. The molecule has 0 unspecified atom stereocenters. The van der Waals surface area contributed by atoms with Crippen molar-refractivity contribution >= 4 is 27.9 Å². The molecule has 0 saturated carbocycles. The van der Waals surface area contributed by atoms with Gasteiger partial charge in [-0.3, -0.25) is 4.79 Å². The number of benzene rings is 1. The van der Waals surface area contributed by atoms with Crippen LogP contribution in [0.4, 0.5) is 0 Å². The second-order valence-electron chi connectivity index (χ2n) is 6.21. The lowest BCUT2D eigenvalue weighted by molar-refractivity contribution is -0.127. The summed E-state index contributed by atoms with van der Waals surface area (Å²) in [6.07, 6.45) is 4.67. The van der Waals surface area contributed by atoms with Crippen molar-refractivity contribution in [2.75, 3.05) is 13.1 Å². The summed E-state index contributed by atoms with van der Waals surface area (Å²) < 4.78 is 6.78. The van der Waals surface area contributed by atoms with Crippen LogP contribution in [0.15, 0.2) is 44.8 Å². The van der Waals surface area contributed by atoms with Gasteiger partial charge in [0.1, 0.15) is 23.2 Å². The SMILES string of the molecule is Cc1ccc(-c2ccc(/C=C(/C#N)C(=O)N3CCCCC3)o2)c(Br)c1. The molecule has 0 aliphatic carbocycles. The van der Waals surface area contributed by atoms with Gasteiger partial charge in [-0.25, -0.2) is 0 Å². The molecule has 1 amide bonds. The predicted molar refractivity (Wildman–Crippen MR) is 101 cm³/mol. The van der Waals surface area contributed by atoms with Gasteiger partial charge in [0, 0.05) is 29.2 Å². The second-order valence-corrected chi connectivity index (χ2v) is 7.06. The lowest BCUT2D eigenvalue weighted by Gasteiger charge is -2.26. The van der Waals surface area contributed by atoms with Gasteiger partial charge in [-0.05, 0) is 56.0 Å². The highest BCUT2D eigenvalue weighted by Gasteiger charge is 2.20. The summed E-state index contributed by atoms with van der Waals surface area (Å²) in [5.74, 6) is 0.988. The Hall–Kier alpha value is -2.32. The fourth-order valence-corrected chi connectivity index (χ4v) is 3.64. The van der Waals surface area contributed by atoms with Gasteiger partial charge in [-0.1, -0.05) is 22.0 Å². The Labute approximate surface area is 155 Å².